The third-order valence-corrected chi connectivity index (χ3v) is 4.33. The van der Waals surface area contributed by atoms with Crippen molar-refractivity contribution in [1.82, 2.24) is 9.97 Å². The number of nitrogens with two attached hydrogens (primary N) is 1. The van der Waals surface area contributed by atoms with E-state index in [4.69, 9.17) is 22.1 Å². The quantitative estimate of drug-likeness (QED) is 0.914. The summed E-state index contributed by atoms with van der Waals surface area (Å²) in [6.45, 7) is 6.21. The Morgan fingerprint density at radius 1 is 1.26 bits per heavy atom. The lowest BCUT2D eigenvalue weighted by atomic mass is 10.0. The van der Waals surface area contributed by atoms with E-state index in [-0.39, 0.29) is 6.04 Å². The third kappa shape index (κ3) is 3.57. The lowest BCUT2D eigenvalue weighted by Crippen LogP contribution is -2.32. The molecule has 0 aliphatic carbocycles. The van der Waals surface area contributed by atoms with Crippen molar-refractivity contribution in [2.45, 2.75) is 26.3 Å². The average molecular weight is 333 g/mol. The molecule has 6 heteroatoms. The van der Waals surface area contributed by atoms with Crippen LogP contribution >= 0.6 is 11.6 Å². The highest BCUT2D eigenvalue weighted by Gasteiger charge is 2.26. The summed E-state index contributed by atoms with van der Waals surface area (Å²) < 4.78 is 5.81. The summed E-state index contributed by atoms with van der Waals surface area (Å²) >= 11 is 6.22. The Balaban J connectivity index is 2.05. The average Bonchev–Trinajstić information content (AvgIpc) is 2.74. The second kappa shape index (κ2) is 6.72. The van der Waals surface area contributed by atoms with Crippen molar-refractivity contribution in [3.8, 4) is 0 Å². The molecule has 23 heavy (non-hydrogen) atoms. The molecule has 1 aliphatic heterocycles. The van der Waals surface area contributed by atoms with Gasteiger partial charge in [0, 0.05) is 29.9 Å². The van der Waals surface area contributed by atoms with E-state index in [0.717, 1.165) is 41.7 Å². The molecule has 1 atom stereocenters. The number of hydrogen-bond acceptors (Lipinski definition) is 5. The van der Waals surface area contributed by atoms with Crippen LogP contribution in [-0.4, -0.2) is 29.7 Å². The Morgan fingerprint density at radius 3 is 2.87 bits per heavy atom. The topological polar surface area (TPSA) is 64.3 Å². The highest BCUT2D eigenvalue weighted by atomic mass is 35.5. The first-order valence-corrected chi connectivity index (χ1v) is 8.14. The van der Waals surface area contributed by atoms with Gasteiger partial charge >= 0.3 is 0 Å². The fourth-order valence-electron chi connectivity index (χ4n) is 3.00. The van der Waals surface area contributed by atoms with Crippen LogP contribution in [0.3, 0.4) is 0 Å². The predicted molar refractivity (Wildman–Crippen MR) is 92.9 cm³/mol. The minimum atomic E-state index is 0.0601. The van der Waals surface area contributed by atoms with E-state index in [1.807, 2.05) is 31.2 Å². The van der Waals surface area contributed by atoms with E-state index in [0.29, 0.717) is 12.6 Å². The molecule has 3 rings (SSSR count). The van der Waals surface area contributed by atoms with Gasteiger partial charge in [0.05, 0.1) is 12.6 Å². The Kier molecular flexibility index (Phi) is 4.68. The van der Waals surface area contributed by atoms with Crippen LogP contribution in [0.15, 0.2) is 24.3 Å². The maximum atomic E-state index is 6.22. The van der Waals surface area contributed by atoms with Gasteiger partial charge in [-0.25, -0.2) is 4.98 Å². The van der Waals surface area contributed by atoms with Gasteiger partial charge < -0.3 is 15.4 Å². The molecular weight excluding hydrogens is 312 g/mol. The fraction of sp³-hybridized carbons (Fsp3) is 0.412. The molecule has 2 N–H and O–H groups in total. The van der Waals surface area contributed by atoms with Crippen molar-refractivity contribution < 1.29 is 4.74 Å². The Morgan fingerprint density at radius 2 is 2.09 bits per heavy atom. The Hall–Kier alpha value is -1.85. The molecule has 0 bridgehead atoms. The summed E-state index contributed by atoms with van der Waals surface area (Å²) in [7, 11) is 0. The van der Waals surface area contributed by atoms with Gasteiger partial charge in [-0.15, -0.1) is 0 Å². The van der Waals surface area contributed by atoms with Gasteiger partial charge in [0.25, 0.3) is 0 Å². The summed E-state index contributed by atoms with van der Waals surface area (Å²) in [5, 5.41) is 0.730. The van der Waals surface area contributed by atoms with Crippen LogP contribution < -0.4 is 10.6 Å². The first-order valence-electron chi connectivity index (χ1n) is 7.76. The fourth-order valence-corrected chi connectivity index (χ4v) is 3.18. The van der Waals surface area contributed by atoms with Gasteiger partial charge in [0.1, 0.15) is 5.82 Å². The van der Waals surface area contributed by atoms with E-state index in [1.165, 1.54) is 5.56 Å². The minimum Gasteiger partial charge on any atom is -0.379 e. The summed E-state index contributed by atoms with van der Waals surface area (Å²) in [4.78, 5) is 10.8. The van der Waals surface area contributed by atoms with Crippen LogP contribution in [0.2, 0.25) is 5.02 Å². The van der Waals surface area contributed by atoms with Crippen LogP contribution in [0.1, 0.15) is 29.3 Å². The zero-order chi connectivity index (χ0) is 16.4. The smallest absolute Gasteiger partial charge is 0.222 e. The van der Waals surface area contributed by atoms with Crippen molar-refractivity contribution in [3.63, 3.8) is 0 Å². The molecule has 1 aromatic heterocycles. The van der Waals surface area contributed by atoms with Crippen molar-refractivity contribution >= 4 is 23.4 Å². The van der Waals surface area contributed by atoms with Crippen LogP contribution in [0.4, 0.5) is 11.8 Å². The third-order valence-electron chi connectivity index (χ3n) is 4.09. The molecule has 5 nitrogen and oxygen atoms in total. The van der Waals surface area contributed by atoms with E-state index >= 15 is 0 Å². The maximum Gasteiger partial charge on any atom is 0.222 e. The molecule has 0 spiro atoms. The van der Waals surface area contributed by atoms with Gasteiger partial charge in [-0.05, 0) is 43.5 Å². The number of aryl methyl sites for hydroxylation is 2. The van der Waals surface area contributed by atoms with Crippen LogP contribution in [0, 0.1) is 13.8 Å². The number of nitrogens with zero attached hydrogens (tertiary/aromatic N) is 3. The summed E-state index contributed by atoms with van der Waals surface area (Å²) in [6.07, 6.45) is 0.944. The number of nitrogen functional groups attached to an aromatic ring is 1. The molecule has 122 valence electrons. The van der Waals surface area contributed by atoms with Gasteiger partial charge in [-0.1, -0.05) is 17.7 Å². The number of aromatic nitrogens is 2. The number of hydrogen-bond donors (Lipinski definition) is 1. The SMILES string of the molecule is Cc1cc(N2CCCOC[C@H]2c2cc(Cl)ccc2C)nc(N)n1. The molecule has 1 fully saturated rings. The molecular formula is C17H21ClN4O. The highest BCUT2D eigenvalue weighted by Crippen LogP contribution is 2.32. The van der Waals surface area contributed by atoms with Crippen molar-refractivity contribution in [2.24, 2.45) is 0 Å². The number of benzene rings is 1. The Labute approximate surface area is 141 Å². The van der Waals surface area contributed by atoms with Crippen LogP contribution in [0.5, 0.6) is 0 Å². The zero-order valence-corrected chi connectivity index (χ0v) is 14.2. The van der Waals surface area contributed by atoms with Gasteiger partial charge in [-0.2, -0.15) is 4.98 Å². The Bertz CT molecular complexity index is 687. The number of ether oxygens (including phenoxy) is 1. The lowest BCUT2D eigenvalue weighted by Gasteiger charge is -2.32. The number of anilines is 2. The van der Waals surface area contributed by atoms with Crippen molar-refractivity contribution in [1.29, 1.82) is 0 Å². The van der Waals surface area contributed by atoms with E-state index in [1.54, 1.807) is 0 Å². The standard InChI is InChI=1S/C17H21ClN4O/c1-11-4-5-13(18)9-14(11)15-10-23-7-3-6-22(15)16-8-12(2)20-17(19)21-16/h4-5,8-9,15H,3,6-7,10H2,1-2H3,(H2,19,20,21)/t15-/m0/s1. The molecule has 0 unspecified atom stereocenters. The first kappa shape index (κ1) is 16.0. The molecule has 0 saturated carbocycles. The van der Waals surface area contributed by atoms with E-state index in [2.05, 4.69) is 21.8 Å². The second-order valence-corrected chi connectivity index (χ2v) is 6.30. The zero-order valence-electron chi connectivity index (χ0n) is 13.4. The molecule has 2 aromatic rings. The molecule has 1 aliphatic rings. The molecule has 2 heterocycles. The van der Waals surface area contributed by atoms with E-state index in [9.17, 15) is 0 Å². The molecule has 0 radical (unpaired) electrons. The van der Waals surface area contributed by atoms with Crippen LogP contribution in [-0.2, 0) is 4.74 Å². The molecule has 0 amide bonds. The first-order chi connectivity index (χ1) is 11.0. The lowest BCUT2D eigenvalue weighted by molar-refractivity contribution is 0.134. The normalized spacial score (nSPS) is 18.7. The molecule has 1 aromatic carbocycles. The number of rotatable bonds is 2. The summed E-state index contributed by atoms with van der Waals surface area (Å²) in [5.74, 6) is 1.14. The summed E-state index contributed by atoms with van der Waals surface area (Å²) in [6, 6.07) is 8.00. The minimum absolute atomic E-state index is 0.0601. The van der Waals surface area contributed by atoms with Crippen molar-refractivity contribution in [3.05, 3.63) is 46.1 Å². The van der Waals surface area contributed by atoms with Gasteiger partial charge in [0.15, 0.2) is 0 Å². The van der Waals surface area contributed by atoms with Crippen molar-refractivity contribution in [2.75, 3.05) is 30.4 Å². The predicted octanol–water partition coefficient (Wildman–Crippen LogP) is 3.30. The highest BCUT2D eigenvalue weighted by molar-refractivity contribution is 6.30. The largest absolute Gasteiger partial charge is 0.379 e. The van der Waals surface area contributed by atoms with Gasteiger partial charge in [0.2, 0.25) is 5.95 Å². The molecule has 1 saturated heterocycles. The summed E-state index contributed by atoms with van der Waals surface area (Å²) in [5.41, 5.74) is 9.05. The monoisotopic (exact) mass is 332 g/mol. The maximum absolute atomic E-state index is 6.22. The van der Waals surface area contributed by atoms with Gasteiger partial charge in [-0.3, -0.25) is 0 Å². The second-order valence-electron chi connectivity index (χ2n) is 5.86. The number of halogens is 1. The van der Waals surface area contributed by atoms with E-state index < -0.39 is 0 Å². The van der Waals surface area contributed by atoms with Crippen LogP contribution in [0.25, 0.3) is 0 Å².